The van der Waals surface area contributed by atoms with Crippen molar-refractivity contribution >= 4 is 5.91 Å². The van der Waals surface area contributed by atoms with E-state index >= 15 is 0 Å². The van der Waals surface area contributed by atoms with Crippen LogP contribution in [0.1, 0.15) is 56.8 Å². The first kappa shape index (κ1) is 18.1. The maximum Gasteiger partial charge on any atom is 0.237 e. The number of carbonyl (C=O) groups is 1. The SMILES string of the molecule is Cc1nc([C@H]2CN([C@H](C)C(=O)NCCC3=CCCCC3)CCO2)n[nH]1. The van der Waals surface area contributed by atoms with Crippen LogP contribution in [0.2, 0.25) is 0 Å². The van der Waals surface area contributed by atoms with Crippen LogP contribution in [0, 0.1) is 6.92 Å². The Labute approximate surface area is 149 Å². The Balaban J connectivity index is 1.46. The molecule has 2 heterocycles. The van der Waals surface area contributed by atoms with E-state index in [0.717, 1.165) is 25.3 Å². The van der Waals surface area contributed by atoms with Gasteiger partial charge in [-0.3, -0.25) is 14.8 Å². The number of nitrogens with one attached hydrogen (secondary N) is 2. The molecule has 0 unspecified atom stereocenters. The van der Waals surface area contributed by atoms with Gasteiger partial charge in [0, 0.05) is 19.6 Å². The number of hydrogen-bond acceptors (Lipinski definition) is 5. The van der Waals surface area contributed by atoms with Crippen LogP contribution < -0.4 is 5.32 Å². The fourth-order valence-corrected chi connectivity index (χ4v) is 3.47. The standard InChI is InChI=1S/C18H29N5O2/c1-13(18(24)19-9-8-15-6-4-3-5-7-15)23-10-11-25-16(12-23)17-20-14(2)21-22-17/h6,13,16H,3-5,7-12H2,1-2H3,(H,19,24)(H,20,21,22)/t13-,16-/m1/s1. The number of hydrogen-bond donors (Lipinski definition) is 2. The van der Waals surface area contributed by atoms with E-state index in [1.54, 1.807) is 0 Å². The molecular weight excluding hydrogens is 318 g/mol. The highest BCUT2D eigenvalue weighted by Crippen LogP contribution is 2.21. The first-order valence-electron chi connectivity index (χ1n) is 9.33. The van der Waals surface area contributed by atoms with E-state index in [1.807, 2.05) is 13.8 Å². The molecule has 1 aliphatic carbocycles. The van der Waals surface area contributed by atoms with E-state index in [2.05, 4.69) is 31.5 Å². The molecule has 1 aromatic rings. The summed E-state index contributed by atoms with van der Waals surface area (Å²) in [6.07, 6.45) is 8.09. The summed E-state index contributed by atoms with van der Waals surface area (Å²) >= 11 is 0. The van der Waals surface area contributed by atoms with Gasteiger partial charge in [0.1, 0.15) is 11.9 Å². The molecule has 2 aliphatic rings. The highest BCUT2D eigenvalue weighted by atomic mass is 16.5. The van der Waals surface area contributed by atoms with E-state index < -0.39 is 0 Å². The molecule has 0 radical (unpaired) electrons. The Morgan fingerprint density at radius 2 is 2.40 bits per heavy atom. The third kappa shape index (κ3) is 4.89. The summed E-state index contributed by atoms with van der Waals surface area (Å²) in [6.45, 7) is 6.53. The monoisotopic (exact) mass is 347 g/mol. The molecule has 1 amide bonds. The molecule has 0 saturated carbocycles. The van der Waals surface area contributed by atoms with Crippen molar-refractivity contribution in [2.24, 2.45) is 0 Å². The number of amides is 1. The van der Waals surface area contributed by atoms with Gasteiger partial charge in [0.05, 0.1) is 12.6 Å². The summed E-state index contributed by atoms with van der Waals surface area (Å²) in [5.74, 6) is 1.53. The molecule has 0 aromatic carbocycles. The van der Waals surface area contributed by atoms with Crippen LogP contribution in [-0.4, -0.2) is 58.3 Å². The summed E-state index contributed by atoms with van der Waals surface area (Å²) in [5, 5.41) is 10.1. The molecule has 1 aliphatic heterocycles. The van der Waals surface area contributed by atoms with Crippen LogP contribution in [-0.2, 0) is 9.53 Å². The number of aromatic nitrogens is 3. The van der Waals surface area contributed by atoms with Gasteiger partial charge in [0.15, 0.2) is 5.82 Å². The van der Waals surface area contributed by atoms with Crippen LogP contribution in [0.25, 0.3) is 0 Å². The molecule has 1 aromatic heterocycles. The Kier molecular flexibility index (Phi) is 6.20. The lowest BCUT2D eigenvalue weighted by atomic mass is 9.97. The highest BCUT2D eigenvalue weighted by Gasteiger charge is 2.30. The van der Waals surface area contributed by atoms with Crippen molar-refractivity contribution in [1.82, 2.24) is 25.4 Å². The van der Waals surface area contributed by atoms with Gasteiger partial charge in [-0.05, 0) is 46.0 Å². The molecule has 138 valence electrons. The topological polar surface area (TPSA) is 83.1 Å². The second kappa shape index (κ2) is 8.58. The fraction of sp³-hybridized carbons (Fsp3) is 0.722. The molecule has 2 atom stereocenters. The van der Waals surface area contributed by atoms with Crippen molar-refractivity contribution in [2.75, 3.05) is 26.2 Å². The second-order valence-corrected chi connectivity index (χ2v) is 6.96. The van der Waals surface area contributed by atoms with Gasteiger partial charge in [-0.1, -0.05) is 11.6 Å². The van der Waals surface area contributed by atoms with Crippen LogP contribution in [0.3, 0.4) is 0 Å². The number of nitrogens with zero attached hydrogens (tertiary/aromatic N) is 3. The Morgan fingerprint density at radius 3 is 3.12 bits per heavy atom. The molecule has 1 saturated heterocycles. The average Bonchev–Trinajstić information content (AvgIpc) is 3.08. The first-order chi connectivity index (χ1) is 12.1. The molecule has 3 rings (SSSR count). The molecule has 25 heavy (non-hydrogen) atoms. The summed E-state index contributed by atoms with van der Waals surface area (Å²) in [4.78, 5) is 19.0. The van der Waals surface area contributed by atoms with Gasteiger partial charge in [-0.25, -0.2) is 4.98 Å². The zero-order chi connectivity index (χ0) is 17.6. The second-order valence-electron chi connectivity index (χ2n) is 6.96. The van der Waals surface area contributed by atoms with Crippen LogP contribution in [0.4, 0.5) is 0 Å². The minimum absolute atomic E-state index is 0.0863. The van der Waals surface area contributed by atoms with Gasteiger partial charge >= 0.3 is 0 Å². The smallest absolute Gasteiger partial charge is 0.237 e. The number of allylic oxidation sites excluding steroid dienone is 1. The minimum atomic E-state index is -0.179. The van der Waals surface area contributed by atoms with Gasteiger partial charge in [0.25, 0.3) is 0 Å². The van der Waals surface area contributed by atoms with E-state index in [1.165, 1.54) is 31.3 Å². The largest absolute Gasteiger partial charge is 0.367 e. The number of rotatable bonds is 6. The predicted octanol–water partition coefficient (Wildman–Crippen LogP) is 1.88. The lowest BCUT2D eigenvalue weighted by molar-refractivity contribution is -0.129. The van der Waals surface area contributed by atoms with E-state index in [4.69, 9.17) is 4.74 Å². The van der Waals surface area contributed by atoms with Gasteiger partial charge < -0.3 is 10.1 Å². The number of ether oxygens (including phenoxy) is 1. The third-order valence-electron chi connectivity index (χ3n) is 5.06. The quantitative estimate of drug-likeness (QED) is 0.768. The summed E-state index contributed by atoms with van der Waals surface area (Å²) in [7, 11) is 0. The van der Waals surface area contributed by atoms with Crippen molar-refractivity contribution in [3.8, 4) is 0 Å². The van der Waals surface area contributed by atoms with Crippen molar-refractivity contribution < 1.29 is 9.53 Å². The lowest BCUT2D eigenvalue weighted by Crippen LogP contribution is -2.50. The molecule has 7 heteroatoms. The van der Waals surface area contributed by atoms with E-state index in [-0.39, 0.29) is 18.1 Å². The molecule has 7 nitrogen and oxygen atoms in total. The van der Waals surface area contributed by atoms with Gasteiger partial charge in [-0.2, -0.15) is 5.10 Å². The van der Waals surface area contributed by atoms with Crippen molar-refractivity contribution in [3.05, 3.63) is 23.3 Å². The highest BCUT2D eigenvalue weighted by molar-refractivity contribution is 5.81. The number of carbonyl (C=O) groups excluding carboxylic acids is 1. The molecule has 1 fully saturated rings. The molecular formula is C18H29N5O2. The van der Waals surface area contributed by atoms with Crippen molar-refractivity contribution in [3.63, 3.8) is 0 Å². The first-order valence-corrected chi connectivity index (χ1v) is 9.33. The predicted molar refractivity (Wildman–Crippen MR) is 95.0 cm³/mol. The zero-order valence-corrected chi connectivity index (χ0v) is 15.3. The fourth-order valence-electron chi connectivity index (χ4n) is 3.47. The Morgan fingerprint density at radius 1 is 1.52 bits per heavy atom. The van der Waals surface area contributed by atoms with Gasteiger partial charge in [-0.15, -0.1) is 0 Å². The summed E-state index contributed by atoms with van der Waals surface area (Å²) in [5.41, 5.74) is 1.49. The lowest BCUT2D eigenvalue weighted by Gasteiger charge is -2.35. The maximum absolute atomic E-state index is 12.5. The van der Waals surface area contributed by atoms with Crippen LogP contribution >= 0.6 is 0 Å². The van der Waals surface area contributed by atoms with E-state index in [9.17, 15) is 4.79 Å². The maximum atomic E-state index is 12.5. The summed E-state index contributed by atoms with van der Waals surface area (Å²) in [6, 6.07) is -0.174. The minimum Gasteiger partial charge on any atom is -0.367 e. The van der Waals surface area contributed by atoms with Crippen molar-refractivity contribution in [1.29, 1.82) is 0 Å². The third-order valence-corrected chi connectivity index (χ3v) is 5.06. The van der Waals surface area contributed by atoms with Crippen LogP contribution in [0.15, 0.2) is 11.6 Å². The molecule has 2 N–H and O–H groups in total. The number of aromatic amines is 1. The number of aryl methyl sites for hydroxylation is 1. The molecule has 0 bridgehead atoms. The normalized spacial score (nSPS) is 23.1. The molecule has 0 spiro atoms. The van der Waals surface area contributed by atoms with E-state index in [0.29, 0.717) is 19.0 Å². The Hall–Kier alpha value is -1.73. The summed E-state index contributed by atoms with van der Waals surface area (Å²) < 4.78 is 5.77. The number of H-pyrrole nitrogens is 1. The Bertz CT molecular complexity index is 612. The van der Waals surface area contributed by atoms with Crippen molar-refractivity contribution in [2.45, 2.75) is 58.1 Å². The number of morpholine rings is 1. The van der Waals surface area contributed by atoms with Crippen LogP contribution in [0.5, 0.6) is 0 Å². The van der Waals surface area contributed by atoms with Gasteiger partial charge in [0.2, 0.25) is 5.91 Å². The zero-order valence-electron chi connectivity index (χ0n) is 15.3. The average molecular weight is 347 g/mol.